The molecule has 0 unspecified atom stereocenters. The Hall–Kier alpha value is -1.11. The molecule has 4 nitrogen and oxygen atoms in total. The van der Waals surface area contributed by atoms with Crippen molar-refractivity contribution < 1.29 is 4.74 Å². The average molecular weight is 281 g/mol. The van der Waals surface area contributed by atoms with Gasteiger partial charge in [-0.05, 0) is 12.1 Å². The normalized spacial score (nSPS) is 10.5. The van der Waals surface area contributed by atoms with Crippen LogP contribution >= 0.6 is 23.3 Å². The molecule has 0 atom stereocenters. The van der Waals surface area contributed by atoms with E-state index in [4.69, 9.17) is 4.74 Å². The third-order valence-electron chi connectivity index (χ3n) is 2.13. The van der Waals surface area contributed by atoms with Gasteiger partial charge < -0.3 is 10.1 Å². The summed E-state index contributed by atoms with van der Waals surface area (Å²) in [5, 5.41) is 4.12. The fourth-order valence-electron chi connectivity index (χ4n) is 1.36. The Labute approximate surface area is 115 Å². The van der Waals surface area contributed by atoms with Gasteiger partial charge in [0.1, 0.15) is 6.61 Å². The van der Waals surface area contributed by atoms with Gasteiger partial charge >= 0.3 is 0 Å². The number of nitrogens with one attached hydrogen (secondary N) is 1. The zero-order chi connectivity index (χ0) is 12.6. The van der Waals surface area contributed by atoms with E-state index in [1.165, 1.54) is 16.4 Å². The second kappa shape index (κ2) is 7.35. The number of anilines is 1. The van der Waals surface area contributed by atoms with Crippen molar-refractivity contribution in [2.75, 3.05) is 24.7 Å². The highest BCUT2D eigenvalue weighted by Crippen LogP contribution is 2.17. The number of hydrogen-bond donors (Lipinski definition) is 1. The van der Waals surface area contributed by atoms with Crippen molar-refractivity contribution in [3.63, 3.8) is 0 Å². The molecule has 1 aromatic heterocycles. The van der Waals surface area contributed by atoms with Crippen LogP contribution in [0.4, 0.5) is 5.13 Å². The third-order valence-corrected chi connectivity index (χ3v) is 3.86. The molecule has 0 amide bonds. The van der Waals surface area contributed by atoms with Crippen LogP contribution in [0.2, 0.25) is 0 Å². The lowest BCUT2D eigenvalue weighted by molar-refractivity contribution is 0.179. The first kappa shape index (κ1) is 13.3. The molecule has 0 bridgehead atoms. The fourth-order valence-corrected chi connectivity index (χ4v) is 2.74. The predicted octanol–water partition coefficient (Wildman–Crippen LogP) is 2.89. The summed E-state index contributed by atoms with van der Waals surface area (Å²) in [6.45, 7) is 1.35. The number of benzene rings is 1. The smallest absolute Gasteiger partial charge is 0.202 e. The number of nitrogens with zero attached hydrogens (tertiary/aromatic N) is 2. The molecule has 2 aromatic rings. The molecule has 18 heavy (non-hydrogen) atoms. The average Bonchev–Trinajstić information content (AvgIpc) is 2.84. The number of aromatic nitrogens is 2. The summed E-state index contributed by atoms with van der Waals surface area (Å²) in [5.74, 6) is 1.74. The first-order chi connectivity index (χ1) is 8.88. The van der Waals surface area contributed by atoms with Crippen LogP contribution in [-0.2, 0) is 11.3 Å². The Bertz CT molecular complexity index is 461. The van der Waals surface area contributed by atoms with Crippen LogP contribution in [0.1, 0.15) is 5.82 Å². The number of hydrogen-bond acceptors (Lipinski definition) is 6. The summed E-state index contributed by atoms with van der Waals surface area (Å²) in [7, 11) is 1.64. The minimum atomic E-state index is 0.469. The van der Waals surface area contributed by atoms with E-state index < -0.39 is 0 Å². The monoisotopic (exact) mass is 281 g/mol. The van der Waals surface area contributed by atoms with Gasteiger partial charge in [-0.1, -0.05) is 18.2 Å². The molecule has 96 valence electrons. The Kier molecular flexibility index (Phi) is 5.44. The minimum Gasteiger partial charge on any atom is -0.377 e. The maximum atomic E-state index is 4.97. The lowest BCUT2D eigenvalue weighted by Gasteiger charge is -2.02. The summed E-state index contributed by atoms with van der Waals surface area (Å²) >= 11 is 3.20. The Morgan fingerprint density at radius 2 is 2.17 bits per heavy atom. The van der Waals surface area contributed by atoms with Gasteiger partial charge in [0.15, 0.2) is 5.82 Å². The van der Waals surface area contributed by atoms with Crippen molar-refractivity contribution in [1.82, 2.24) is 9.36 Å². The van der Waals surface area contributed by atoms with E-state index in [0.29, 0.717) is 6.61 Å². The SMILES string of the molecule is COCc1nsc(NCCSc2ccccc2)n1. The van der Waals surface area contributed by atoms with Gasteiger partial charge in [0.25, 0.3) is 0 Å². The Morgan fingerprint density at radius 1 is 1.33 bits per heavy atom. The van der Waals surface area contributed by atoms with Gasteiger partial charge in [-0.15, -0.1) is 11.8 Å². The van der Waals surface area contributed by atoms with Gasteiger partial charge in [-0.25, -0.2) is 4.98 Å². The standard InChI is InChI=1S/C12H15N3OS2/c1-16-9-11-14-12(18-15-11)13-7-8-17-10-5-3-2-4-6-10/h2-6H,7-9H2,1H3,(H,13,14,15). The number of rotatable bonds is 7. The van der Waals surface area contributed by atoms with Crippen molar-refractivity contribution >= 4 is 28.4 Å². The summed E-state index contributed by atoms with van der Waals surface area (Å²) in [6, 6.07) is 10.4. The zero-order valence-electron chi connectivity index (χ0n) is 10.1. The number of methoxy groups -OCH3 is 1. The van der Waals surface area contributed by atoms with Crippen LogP contribution in [0.15, 0.2) is 35.2 Å². The zero-order valence-corrected chi connectivity index (χ0v) is 11.8. The van der Waals surface area contributed by atoms with E-state index in [9.17, 15) is 0 Å². The van der Waals surface area contributed by atoms with Crippen LogP contribution in [0.5, 0.6) is 0 Å². The summed E-state index contributed by atoms with van der Waals surface area (Å²) < 4.78 is 9.15. The lowest BCUT2D eigenvalue weighted by Crippen LogP contribution is -2.03. The second-order valence-electron chi connectivity index (χ2n) is 3.54. The highest BCUT2D eigenvalue weighted by atomic mass is 32.2. The molecule has 2 rings (SSSR count). The molecular formula is C12H15N3OS2. The van der Waals surface area contributed by atoms with Gasteiger partial charge in [0, 0.05) is 35.8 Å². The van der Waals surface area contributed by atoms with Crippen molar-refractivity contribution in [3.8, 4) is 0 Å². The largest absolute Gasteiger partial charge is 0.377 e. The first-order valence-corrected chi connectivity index (χ1v) is 7.37. The topological polar surface area (TPSA) is 47.0 Å². The van der Waals surface area contributed by atoms with Gasteiger partial charge in [-0.3, -0.25) is 0 Å². The van der Waals surface area contributed by atoms with E-state index in [-0.39, 0.29) is 0 Å². The molecule has 1 aromatic carbocycles. The van der Waals surface area contributed by atoms with Crippen molar-refractivity contribution in [2.24, 2.45) is 0 Å². The van der Waals surface area contributed by atoms with E-state index in [2.05, 4.69) is 38.9 Å². The van der Waals surface area contributed by atoms with Gasteiger partial charge in [0.05, 0.1) is 0 Å². The van der Waals surface area contributed by atoms with E-state index in [1.807, 2.05) is 17.8 Å². The van der Waals surface area contributed by atoms with Crippen LogP contribution in [0.3, 0.4) is 0 Å². The van der Waals surface area contributed by atoms with Gasteiger partial charge in [-0.2, -0.15) is 4.37 Å². The molecule has 0 fully saturated rings. The molecule has 0 aliphatic heterocycles. The maximum Gasteiger partial charge on any atom is 0.202 e. The highest BCUT2D eigenvalue weighted by molar-refractivity contribution is 7.99. The third kappa shape index (κ3) is 4.29. The van der Waals surface area contributed by atoms with Crippen LogP contribution in [0.25, 0.3) is 0 Å². The number of thioether (sulfide) groups is 1. The maximum absolute atomic E-state index is 4.97. The molecule has 0 spiro atoms. The summed E-state index contributed by atoms with van der Waals surface area (Å²) in [6.07, 6.45) is 0. The molecule has 6 heteroatoms. The summed E-state index contributed by atoms with van der Waals surface area (Å²) in [4.78, 5) is 5.60. The highest BCUT2D eigenvalue weighted by Gasteiger charge is 2.02. The van der Waals surface area contributed by atoms with E-state index >= 15 is 0 Å². The second-order valence-corrected chi connectivity index (χ2v) is 5.46. The predicted molar refractivity (Wildman–Crippen MR) is 76.3 cm³/mol. The minimum absolute atomic E-state index is 0.469. The molecule has 1 N–H and O–H groups in total. The molecular weight excluding hydrogens is 266 g/mol. The van der Waals surface area contributed by atoms with E-state index in [0.717, 1.165) is 23.3 Å². The molecule has 0 saturated carbocycles. The van der Waals surface area contributed by atoms with Crippen molar-refractivity contribution in [3.05, 3.63) is 36.2 Å². The molecule has 1 heterocycles. The van der Waals surface area contributed by atoms with Gasteiger partial charge in [0.2, 0.25) is 5.13 Å². The number of ether oxygens (including phenoxy) is 1. The molecule has 0 radical (unpaired) electrons. The van der Waals surface area contributed by atoms with Crippen molar-refractivity contribution in [2.45, 2.75) is 11.5 Å². The molecule has 0 aliphatic rings. The fraction of sp³-hybridized carbons (Fsp3) is 0.333. The molecule has 0 saturated heterocycles. The Morgan fingerprint density at radius 3 is 2.94 bits per heavy atom. The van der Waals surface area contributed by atoms with E-state index in [1.54, 1.807) is 7.11 Å². The lowest BCUT2D eigenvalue weighted by atomic mass is 10.4. The quantitative estimate of drug-likeness (QED) is 0.624. The van der Waals surface area contributed by atoms with Crippen LogP contribution < -0.4 is 5.32 Å². The molecule has 0 aliphatic carbocycles. The van der Waals surface area contributed by atoms with Crippen LogP contribution in [0, 0.1) is 0 Å². The van der Waals surface area contributed by atoms with Crippen molar-refractivity contribution in [1.29, 1.82) is 0 Å². The van der Waals surface area contributed by atoms with Crippen LogP contribution in [-0.4, -0.2) is 28.8 Å². The summed E-state index contributed by atoms with van der Waals surface area (Å²) in [5.41, 5.74) is 0. The first-order valence-electron chi connectivity index (χ1n) is 5.62. The Balaban J connectivity index is 1.68.